The van der Waals surface area contributed by atoms with Crippen molar-refractivity contribution in [1.29, 1.82) is 0 Å². The van der Waals surface area contributed by atoms with E-state index in [1.165, 1.54) is 64.7 Å². The van der Waals surface area contributed by atoms with Gasteiger partial charge in [0.2, 0.25) is 0 Å². The summed E-state index contributed by atoms with van der Waals surface area (Å²) < 4.78 is 0. The Bertz CT molecular complexity index is 189. The summed E-state index contributed by atoms with van der Waals surface area (Å²) in [6.45, 7) is 5.38. The molecule has 1 N–H and O–H groups in total. The molecule has 1 atom stereocenters. The van der Waals surface area contributed by atoms with Gasteiger partial charge in [0.05, 0.1) is 0 Å². The standard InChI is InChI=1S/C13H24N2/c1-2-13(14-7-1)10-15(8-11-3-4-11)9-12-5-6-12/h11-14H,1-10H2/t13-/m1/s1. The van der Waals surface area contributed by atoms with E-state index in [1.54, 1.807) is 0 Å². The topological polar surface area (TPSA) is 15.3 Å². The van der Waals surface area contributed by atoms with Gasteiger partial charge in [-0.05, 0) is 56.9 Å². The van der Waals surface area contributed by atoms with Crippen molar-refractivity contribution in [2.75, 3.05) is 26.2 Å². The number of nitrogens with one attached hydrogen (secondary N) is 1. The summed E-state index contributed by atoms with van der Waals surface area (Å²) in [5.41, 5.74) is 0. The van der Waals surface area contributed by atoms with Crippen LogP contribution in [-0.2, 0) is 0 Å². The third-order valence-corrected chi connectivity index (χ3v) is 4.07. The van der Waals surface area contributed by atoms with Crippen LogP contribution in [0.4, 0.5) is 0 Å². The molecule has 2 aliphatic carbocycles. The van der Waals surface area contributed by atoms with Crippen LogP contribution < -0.4 is 5.32 Å². The van der Waals surface area contributed by atoms with E-state index in [9.17, 15) is 0 Å². The lowest BCUT2D eigenvalue weighted by Crippen LogP contribution is -2.39. The van der Waals surface area contributed by atoms with E-state index < -0.39 is 0 Å². The lowest BCUT2D eigenvalue weighted by atomic mass is 10.2. The second-order valence-electron chi connectivity index (χ2n) is 5.90. The smallest absolute Gasteiger partial charge is 0.0195 e. The summed E-state index contributed by atoms with van der Waals surface area (Å²) in [5, 5.41) is 3.63. The highest BCUT2D eigenvalue weighted by atomic mass is 15.2. The monoisotopic (exact) mass is 208 g/mol. The van der Waals surface area contributed by atoms with Crippen molar-refractivity contribution in [1.82, 2.24) is 10.2 Å². The summed E-state index contributed by atoms with van der Waals surface area (Å²) in [6.07, 6.45) is 8.80. The van der Waals surface area contributed by atoms with E-state index in [4.69, 9.17) is 0 Å². The highest BCUT2D eigenvalue weighted by Crippen LogP contribution is 2.33. The van der Waals surface area contributed by atoms with Gasteiger partial charge in [-0.15, -0.1) is 0 Å². The molecule has 0 aromatic carbocycles. The van der Waals surface area contributed by atoms with Crippen LogP contribution in [0.1, 0.15) is 38.5 Å². The molecular weight excluding hydrogens is 184 g/mol. The first-order valence-electron chi connectivity index (χ1n) is 6.86. The van der Waals surface area contributed by atoms with E-state index in [2.05, 4.69) is 10.2 Å². The first kappa shape index (κ1) is 10.1. The SMILES string of the molecule is C1CN[C@@H](CN(CC2CC2)CC2CC2)C1. The molecule has 3 rings (SSSR count). The van der Waals surface area contributed by atoms with Gasteiger partial charge in [-0.25, -0.2) is 0 Å². The molecule has 1 saturated heterocycles. The van der Waals surface area contributed by atoms with Crippen molar-refractivity contribution in [3.63, 3.8) is 0 Å². The Morgan fingerprint density at radius 2 is 1.53 bits per heavy atom. The second kappa shape index (κ2) is 4.42. The molecule has 2 nitrogen and oxygen atoms in total. The van der Waals surface area contributed by atoms with E-state index >= 15 is 0 Å². The van der Waals surface area contributed by atoms with Gasteiger partial charge >= 0.3 is 0 Å². The predicted molar refractivity (Wildman–Crippen MR) is 62.9 cm³/mol. The van der Waals surface area contributed by atoms with Crippen LogP contribution in [0.5, 0.6) is 0 Å². The van der Waals surface area contributed by atoms with Crippen molar-refractivity contribution in [2.24, 2.45) is 11.8 Å². The minimum Gasteiger partial charge on any atom is -0.313 e. The van der Waals surface area contributed by atoms with Gasteiger partial charge in [-0.2, -0.15) is 0 Å². The van der Waals surface area contributed by atoms with E-state index in [0.717, 1.165) is 17.9 Å². The average Bonchev–Trinajstić information content (AvgIpc) is 3.12. The highest BCUT2D eigenvalue weighted by Gasteiger charge is 2.30. The van der Waals surface area contributed by atoms with Crippen LogP contribution in [0.15, 0.2) is 0 Å². The Hall–Kier alpha value is -0.0800. The maximum absolute atomic E-state index is 3.63. The van der Waals surface area contributed by atoms with Crippen LogP contribution in [0.25, 0.3) is 0 Å². The Morgan fingerprint density at radius 1 is 0.867 bits per heavy atom. The molecule has 2 saturated carbocycles. The quantitative estimate of drug-likeness (QED) is 0.717. The zero-order valence-electron chi connectivity index (χ0n) is 9.75. The Kier molecular flexibility index (Phi) is 2.98. The lowest BCUT2D eigenvalue weighted by Gasteiger charge is -2.25. The number of nitrogens with zero attached hydrogens (tertiary/aromatic N) is 1. The molecule has 1 aliphatic heterocycles. The van der Waals surface area contributed by atoms with Crippen LogP contribution in [0, 0.1) is 11.8 Å². The minimum atomic E-state index is 0.808. The van der Waals surface area contributed by atoms with E-state index in [1.807, 2.05) is 0 Å². The zero-order chi connectivity index (χ0) is 10.1. The molecular formula is C13H24N2. The van der Waals surface area contributed by atoms with Gasteiger partial charge in [0.25, 0.3) is 0 Å². The summed E-state index contributed by atoms with van der Waals surface area (Å²) >= 11 is 0. The molecule has 0 aromatic heterocycles. The van der Waals surface area contributed by atoms with Crippen molar-refractivity contribution in [2.45, 2.75) is 44.6 Å². The number of rotatable bonds is 6. The minimum absolute atomic E-state index is 0.808. The molecule has 3 aliphatic rings. The lowest BCUT2D eigenvalue weighted by molar-refractivity contribution is 0.231. The normalized spacial score (nSPS) is 31.4. The maximum atomic E-state index is 3.63. The van der Waals surface area contributed by atoms with Crippen LogP contribution in [0.2, 0.25) is 0 Å². The van der Waals surface area contributed by atoms with Gasteiger partial charge in [0, 0.05) is 25.7 Å². The van der Waals surface area contributed by atoms with Crippen LogP contribution in [0.3, 0.4) is 0 Å². The molecule has 2 heteroatoms. The molecule has 0 aromatic rings. The Labute approximate surface area is 93.4 Å². The molecule has 0 bridgehead atoms. The summed E-state index contributed by atoms with van der Waals surface area (Å²) in [7, 11) is 0. The third kappa shape index (κ3) is 3.18. The molecule has 0 radical (unpaired) electrons. The average molecular weight is 208 g/mol. The van der Waals surface area contributed by atoms with Crippen LogP contribution in [-0.4, -0.2) is 37.1 Å². The van der Waals surface area contributed by atoms with Crippen molar-refractivity contribution in [3.8, 4) is 0 Å². The molecule has 86 valence electrons. The van der Waals surface area contributed by atoms with E-state index in [-0.39, 0.29) is 0 Å². The Balaban J connectivity index is 1.45. The van der Waals surface area contributed by atoms with Gasteiger partial charge < -0.3 is 10.2 Å². The molecule has 0 amide bonds. The maximum Gasteiger partial charge on any atom is 0.0195 e. The zero-order valence-corrected chi connectivity index (χ0v) is 9.75. The van der Waals surface area contributed by atoms with Gasteiger partial charge in [0.1, 0.15) is 0 Å². The van der Waals surface area contributed by atoms with Crippen molar-refractivity contribution >= 4 is 0 Å². The van der Waals surface area contributed by atoms with Gasteiger partial charge in [-0.3, -0.25) is 0 Å². The summed E-state index contributed by atoms with van der Waals surface area (Å²) in [4.78, 5) is 2.76. The molecule has 15 heavy (non-hydrogen) atoms. The predicted octanol–water partition coefficient (Wildman–Crippen LogP) is 1.86. The molecule has 3 fully saturated rings. The largest absolute Gasteiger partial charge is 0.313 e. The summed E-state index contributed by atoms with van der Waals surface area (Å²) in [6, 6.07) is 0.808. The van der Waals surface area contributed by atoms with Crippen molar-refractivity contribution in [3.05, 3.63) is 0 Å². The van der Waals surface area contributed by atoms with E-state index in [0.29, 0.717) is 0 Å². The first-order chi connectivity index (χ1) is 7.40. The number of hydrogen-bond acceptors (Lipinski definition) is 2. The molecule has 0 spiro atoms. The summed E-state index contributed by atoms with van der Waals surface area (Å²) in [5.74, 6) is 2.12. The number of hydrogen-bond donors (Lipinski definition) is 1. The van der Waals surface area contributed by atoms with Gasteiger partial charge in [0.15, 0.2) is 0 Å². The third-order valence-electron chi connectivity index (χ3n) is 4.07. The molecule has 1 heterocycles. The van der Waals surface area contributed by atoms with Crippen LogP contribution >= 0.6 is 0 Å². The first-order valence-corrected chi connectivity index (χ1v) is 6.86. The fourth-order valence-electron chi connectivity index (χ4n) is 2.78. The van der Waals surface area contributed by atoms with Crippen molar-refractivity contribution < 1.29 is 0 Å². The second-order valence-corrected chi connectivity index (χ2v) is 5.90. The van der Waals surface area contributed by atoms with Gasteiger partial charge in [-0.1, -0.05) is 0 Å². The fraction of sp³-hybridized carbons (Fsp3) is 1.00. The highest BCUT2D eigenvalue weighted by molar-refractivity contribution is 4.85. The Morgan fingerprint density at radius 3 is 2.00 bits per heavy atom. The fourth-order valence-corrected chi connectivity index (χ4v) is 2.78. The molecule has 0 unspecified atom stereocenters.